The van der Waals surface area contributed by atoms with E-state index in [4.69, 9.17) is 4.42 Å². The predicted octanol–water partition coefficient (Wildman–Crippen LogP) is 4.49. The first-order chi connectivity index (χ1) is 11.6. The maximum Gasteiger partial charge on any atom is 0.322 e. The zero-order chi connectivity index (χ0) is 16.9. The molecule has 0 aliphatic rings. The number of aromatic nitrogens is 2. The van der Waals surface area contributed by atoms with E-state index in [-0.39, 0.29) is 11.9 Å². The molecule has 0 aliphatic carbocycles. The van der Waals surface area contributed by atoms with E-state index in [1.54, 1.807) is 36.0 Å². The number of nitrogens with zero attached hydrogens (tertiary/aromatic N) is 2. The Kier molecular flexibility index (Phi) is 4.96. The molecule has 0 saturated heterocycles. The van der Waals surface area contributed by atoms with Crippen molar-refractivity contribution in [3.05, 3.63) is 60.2 Å². The van der Waals surface area contributed by atoms with Crippen molar-refractivity contribution < 1.29 is 9.21 Å². The molecule has 3 aromatic rings. The van der Waals surface area contributed by atoms with Crippen molar-refractivity contribution in [2.24, 2.45) is 0 Å². The van der Waals surface area contributed by atoms with Gasteiger partial charge < -0.3 is 4.42 Å². The number of hydrogen-bond acceptors (Lipinski definition) is 5. The third-order valence-corrected chi connectivity index (χ3v) is 4.13. The lowest BCUT2D eigenvalue weighted by Gasteiger charge is -2.05. The summed E-state index contributed by atoms with van der Waals surface area (Å²) in [5.41, 5.74) is 1.36. The van der Waals surface area contributed by atoms with Gasteiger partial charge >= 0.3 is 6.01 Å². The first kappa shape index (κ1) is 16.3. The first-order valence-corrected chi connectivity index (χ1v) is 8.47. The quantitative estimate of drug-likeness (QED) is 0.694. The summed E-state index contributed by atoms with van der Waals surface area (Å²) < 4.78 is 5.56. The van der Waals surface area contributed by atoms with Gasteiger partial charge in [-0.05, 0) is 30.3 Å². The number of thioether (sulfide) groups is 1. The van der Waals surface area contributed by atoms with E-state index in [9.17, 15) is 4.79 Å². The number of carbonyl (C=O) groups excluding carboxylic acids is 1. The highest BCUT2D eigenvalue weighted by Gasteiger charge is 2.13. The smallest absolute Gasteiger partial charge is 0.322 e. The van der Waals surface area contributed by atoms with E-state index in [1.807, 2.05) is 30.3 Å². The monoisotopic (exact) mass is 339 g/mol. The Bertz CT molecular complexity index is 831. The number of amides is 1. The average molecular weight is 339 g/mol. The normalized spacial score (nSPS) is 10.8. The summed E-state index contributed by atoms with van der Waals surface area (Å²) in [5.74, 6) is 0.0967. The standard InChI is InChI=1S/C18H17N3O2S/c1-12(2)24-15-10-6-9-14(11-15)17-20-21-18(23-17)19-16(22)13-7-4-3-5-8-13/h3-12H,1-2H3,(H,19,21,22). The molecular formula is C18H17N3O2S. The summed E-state index contributed by atoms with van der Waals surface area (Å²) >= 11 is 1.76. The van der Waals surface area contributed by atoms with Crippen molar-refractivity contribution in [2.45, 2.75) is 24.0 Å². The largest absolute Gasteiger partial charge is 0.403 e. The third-order valence-electron chi connectivity index (χ3n) is 3.13. The van der Waals surface area contributed by atoms with Crippen molar-refractivity contribution >= 4 is 23.7 Å². The molecular weight excluding hydrogens is 322 g/mol. The molecule has 122 valence electrons. The Hall–Kier alpha value is -2.60. The van der Waals surface area contributed by atoms with Gasteiger partial charge in [0.1, 0.15) is 0 Å². The number of benzene rings is 2. The zero-order valence-electron chi connectivity index (χ0n) is 13.4. The van der Waals surface area contributed by atoms with Crippen LogP contribution in [0.2, 0.25) is 0 Å². The summed E-state index contributed by atoms with van der Waals surface area (Å²) in [6.07, 6.45) is 0. The second kappa shape index (κ2) is 7.31. The molecule has 0 bridgehead atoms. The molecule has 1 amide bonds. The minimum absolute atomic E-state index is 0.0840. The fraction of sp³-hybridized carbons (Fsp3) is 0.167. The number of rotatable bonds is 5. The molecule has 0 atom stereocenters. The number of anilines is 1. The van der Waals surface area contributed by atoms with Gasteiger partial charge in [-0.1, -0.05) is 43.2 Å². The summed E-state index contributed by atoms with van der Waals surface area (Å²) in [4.78, 5) is 13.2. The highest BCUT2D eigenvalue weighted by Crippen LogP contribution is 2.28. The van der Waals surface area contributed by atoms with Crippen molar-refractivity contribution in [1.82, 2.24) is 10.2 Å². The zero-order valence-corrected chi connectivity index (χ0v) is 14.2. The average Bonchev–Trinajstić information content (AvgIpc) is 3.04. The van der Waals surface area contributed by atoms with Gasteiger partial charge in [-0.2, -0.15) is 0 Å². The summed E-state index contributed by atoms with van der Waals surface area (Å²) in [7, 11) is 0. The van der Waals surface area contributed by atoms with Crippen molar-refractivity contribution in [3.63, 3.8) is 0 Å². The molecule has 1 heterocycles. The maximum absolute atomic E-state index is 12.1. The van der Waals surface area contributed by atoms with Crippen LogP contribution in [0.4, 0.5) is 6.01 Å². The van der Waals surface area contributed by atoms with Crippen molar-refractivity contribution in [2.75, 3.05) is 5.32 Å². The van der Waals surface area contributed by atoms with Gasteiger partial charge in [-0.25, -0.2) is 0 Å². The van der Waals surface area contributed by atoms with Crippen LogP contribution in [0.25, 0.3) is 11.5 Å². The summed E-state index contributed by atoms with van der Waals surface area (Å²) in [6.45, 7) is 4.28. The molecule has 1 N–H and O–H groups in total. The molecule has 3 rings (SSSR count). The van der Waals surface area contributed by atoms with Crippen LogP contribution in [0.5, 0.6) is 0 Å². The van der Waals surface area contributed by atoms with Crippen molar-refractivity contribution in [1.29, 1.82) is 0 Å². The molecule has 1 aromatic heterocycles. The van der Waals surface area contributed by atoms with Crippen LogP contribution in [-0.2, 0) is 0 Å². The molecule has 5 nitrogen and oxygen atoms in total. The number of hydrogen-bond donors (Lipinski definition) is 1. The minimum Gasteiger partial charge on any atom is -0.403 e. The van der Waals surface area contributed by atoms with Crippen LogP contribution in [0.3, 0.4) is 0 Å². The lowest BCUT2D eigenvalue weighted by atomic mass is 10.2. The van der Waals surface area contributed by atoms with Gasteiger partial charge in [-0.15, -0.1) is 16.9 Å². The second-order valence-corrected chi connectivity index (χ2v) is 7.08. The highest BCUT2D eigenvalue weighted by molar-refractivity contribution is 7.99. The fourth-order valence-electron chi connectivity index (χ4n) is 2.12. The molecule has 0 saturated carbocycles. The molecule has 24 heavy (non-hydrogen) atoms. The fourth-order valence-corrected chi connectivity index (χ4v) is 3.02. The van der Waals surface area contributed by atoms with Crippen LogP contribution in [0.15, 0.2) is 63.9 Å². The summed E-state index contributed by atoms with van der Waals surface area (Å²) in [6, 6.07) is 16.9. The van der Waals surface area contributed by atoms with E-state index in [2.05, 4.69) is 29.4 Å². The van der Waals surface area contributed by atoms with Crippen molar-refractivity contribution in [3.8, 4) is 11.5 Å². The Morgan fingerprint density at radius 1 is 1.08 bits per heavy atom. The molecule has 0 radical (unpaired) electrons. The van der Waals surface area contributed by atoms with Crippen LogP contribution in [0, 0.1) is 0 Å². The van der Waals surface area contributed by atoms with E-state index in [1.165, 1.54) is 0 Å². The topological polar surface area (TPSA) is 68.0 Å². The lowest BCUT2D eigenvalue weighted by molar-refractivity contribution is 0.102. The molecule has 0 fully saturated rings. The van der Waals surface area contributed by atoms with Crippen LogP contribution < -0.4 is 5.32 Å². The Morgan fingerprint density at radius 3 is 2.62 bits per heavy atom. The molecule has 0 spiro atoms. The van der Waals surface area contributed by atoms with E-state index >= 15 is 0 Å². The highest BCUT2D eigenvalue weighted by atomic mass is 32.2. The van der Waals surface area contributed by atoms with Crippen LogP contribution in [-0.4, -0.2) is 21.4 Å². The van der Waals surface area contributed by atoms with E-state index in [0.29, 0.717) is 16.7 Å². The third kappa shape index (κ3) is 4.02. The van der Waals surface area contributed by atoms with Crippen LogP contribution >= 0.6 is 11.8 Å². The molecule has 2 aromatic carbocycles. The van der Waals surface area contributed by atoms with Gasteiger partial charge in [0.25, 0.3) is 5.91 Å². The maximum atomic E-state index is 12.1. The Morgan fingerprint density at radius 2 is 1.88 bits per heavy atom. The SMILES string of the molecule is CC(C)Sc1cccc(-c2nnc(NC(=O)c3ccccc3)o2)c1. The number of nitrogens with one attached hydrogen (secondary N) is 1. The first-order valence-electron chi connectivity index (χ1n) is 7.59. The molecule has 0 unspecified atom stereocenters. The van der Waals surface area contributed by atoms with E-state index in [0.717, 1.165) is 10.5 Å². The van der Waals surface area contributed by atoms with Crippen LogP contribution in [0.1, 0.15) is 24.2 Å². The predicted molar refractivity (Wildman–Crippen MR) is 95.1 cm³/mol. The van der Waals surface area contributed by atoms with Gasteiger partial charge in [0.15, 0.2) is 0 Å². The number of carbonyl (C=O) groups is 1. The minimum atomic E-state index is -0.282. The Balaban J connectivity index is 1.75. The molecule has 6 heteroatoms. The van der Waals surface area contributed by atoms with Gasteiger partial charge in [0.2, 0.25) is 5.89 Å². The van der Waals surface area contributed by atoms with Gasteiger partial charge in [-0.3, -0.25) is 10.1 Å². The van der Waals surface area contributed by atoms with E-state index < -0.39 is 0 Å². The van der Waals surface area contributed by atoms with Gasteiger partial charge in [0.05, 0.1) is 0 Å². The second-order valence-electron chi connectivity index (χ2n) is 5.43. The lowest BCUT2D eigenvalue weighted by Crippen LogP contribution is -2.11. The van der Waals surface area contributed by atoms with Gasteiger partial charge in [0, 0.05) is 21.3 Å². The Labute approximate surface area is 144 Å². The molecule has 0 aliphatic heterocycles. The summed E-state index contributed by atoms with van der Waals surface area (Å²) in [5, 5.41) is 11.0.